The number of imide groups is 4. The van der Waals surface area contributed by atoms with E-state index in [2.05, 4.69) is 25.8 Å². The lowest BCUT2D eigenvalue weighted by atomic mass is 9.99. The Balaban J connectivity index is 0.000000238. The second-order valence-corrected chi connectivity index (χ2v) is 22.1. The maximum Gasteiger partial charge on any atom is 0.410 e. The molecular formula is C64H86N8O18. The number of hydrogen-bond acceptors (Lipinski definition) is 21. The van der Waals surface area contributed by atoms with Crippen LogP contribution in [0, 0.1) is 0 Å². The lowest BCUT2D eigenvalue weighted by molar-refractivity contribution is -0.137. The van der Waals surface area contributed by atoms with Gasteiger partial charge >= 0.3 is 6.09 Å². The van der Waals surface area contributed by atoms with Crippen molar-refractivity contribution in [3.63, 3.8) is 0 Å². The molecule has 90 heavy (non-hydrogen) atoms. The lowest BCUT2D eigenvalue weighted by Gasteiger charge is -2.33. The smallest absolute Gasteiger partial charge is 0.410 e. The van der Waals surface area contributed by atoms with E-state index in [-0.39, 0.29) is 43.9 Å². The molecule has 490 valence electrons. The van der Waals surface area contributed by atoms with Crippen LogP contribution in [0.4, 0.5) is 4.79 Å². The first kappa shape index (κ1) is 68.9. The fourth-order valence-corrected chi connectivity index (χ4v) is 11.1. The molecule has 9 amide bonds. The first-order valence-electron chi connectivity index (χ1n) is 31.4. The van der Waals surface area contributed by atoms with Crippen LogP contribution < -0.4 is 16.0 Å². The highest BCUT2D eigenvalue weighted by Gasteiger charge is 2.47. The molecule has 3 aromatic carbocycles. The molecule has 0 spiro atoms. The molecule has 0 radical (unpaired) electrons. The molecule has 0 saturated carbocycles. The second-order valence-electron chi connectivity index (χ2n) is 22.1. The normalized spacial score (nSPS) is 18.8. The first-order valence-corrected chi connectivity index (χ1v) is 31.4. The van der Waals surface area contributed by atoms with Crippen molar-refractivity contribution in [2.24, 2.45) is 0 Å². The van der Waals surface area contributed by atoms with Crippen LogP contribution in [-0.4, -0.2) is 261 Å². The van der Waals surface area contributed by atoms with E-state index in [9.17, 15) is 43.2 Å². The van der Waals surface area contributed by atoms with Crippen LogP contribution in [0.15, 0.2) is 66.7 Å². The third-order valence-electron chi connectivity index (χ3n) is 16.0. The van der Waals surface area contributed by atoms with E-state index in [4.69, 9.17) is 42.6 Å². The van der Waals surface area contributed by atoms with Gasteiger partial charge in [0.1, 0.15) is 18.7 Å². The average molecular weight is 1260 g/mol. The Hall–Kier alpha value is -6.95. The zero-order valence-electron chi connectivity index (χ0n) is 51.3. The summed E-state index contributed by atoms with van der Waals surface area (Å²) in [6, 6.07) is 18.0. The number of piperidine rings is 2. The van der Waals surface area contributed by atoms with Gasteiger partial charge in [-0.2, -0.15) is 0 Å². The van der Waals surface area contributed by atoms with Gasteiger partial charge in [0.2, 0.25) is 23.6 Å². The van der Waals surface area contributed by atoms with Gasteiger partial charge in [-0.05, 0) is 67.3 Å². The van der Waals surface area contributed by atoms with E-state index in [1.54, 1.807) is 29.2 Å². The fraction of sp³-hybridized carbons (Fsp3) is 0.578. The van der Waals surface area contributed by atoms with Crippen molar-refractivity contribution in [1.29, 1.82) is 0 Å². The third kappa shape index (κ3) is 20.8. The van der Waals surface area contributed by atoms with Crippen molar-refractivity contribution < 1.29 is 85.8 Å². The number of ether oxygens (including phenoxy) is 9. The number of carbonyl (C=O) groups excluding carboxylic acids is 9. The van der Waals surface area contributed by atoms with Gasteiger partial charge in [0.25, 0.3) is 23.6 Å². The molecule has 0 bridgehead atoms. The van der Waals surface area contributed by atoms with Gasteiger partial charge in [0.15, 0.2) is 0 Å². The number of rotatable bonds is 36. The Morgan fingerprint density at radius 2 is 0.833 bits per heavy atom. The van der Waals surface area contributed by atoms with Gasteiger partial charge < -0.3 is 52.8 Å². The minimum Gasteiger partial charge on any atom is -0.445 e. The maximum atomic E-state index is 13.2. The predicted molar refractivity (Wildman–Crippen MR) is 323 cm³/mol. The van der Waals surface area contributed by atoms with E-state index >= 15 is 0 Å². The molecule has 2 unspecified atom stereocenters. The van der Waals surface area contributed by atoms with Crippen molar-refractivity contribution in [2.75, 3.05) is 171 Å². The third-order valence-corrected chi connectivity index (χ3v) is 16.0. The molecule has 6 heterocycles. The summed E-state index contributed by atoms with van der Waals surface area (Å²) >= 11 is 0. The number of nitrogens with zero attached hydrogens (tertiary/aromatic N) is 5. The molecule has 26 nitrogen and oxygen atoms in total. The number of benzene rings is 3. The Kier molecular flexibility index (Phi) is 28.7. The Bertz CT molecular complexity index is 2870. The summed E-state index contributed by atoms with van der Waals surface area (Å²) in [6.07, 6.45) is 2.55. The molecule has 4 fully saturated rings. The molecule has 26 heteroatoms. The second kappa shape index (κ2) is 37.4. The molecule has 3 aromatic rings. The maximum absolute atomic E-state index is 13.2. The van der Waals surface area contributed by atoms with Crippen molar-refractivity contribution in [1.82, 2.24) is 40.4 Å². The van der Waals surface area contributed by atoms with Gasteiger partial charge in [-0.15, -0.1) is 0 Å². The Morgan fingerprint density at radius 3 is 1.26 bits per heavy atom. The van der Waals surface area contributed by atoms with E-state index < -0.39 is 59.3 Å². The molecule has 0 aromatic heterocycles. The summed E-state index contributed by atoms with van der Waals surface area (Å²) in [5, 5.41) is 7.76. The zero-order valence-corrected chi connectivity index (χ0v) is 51.3. The minimum atomic E-state index is -0.981. The summed E-state index contributed by atoms with van der Waals surface area (Å²) in [4.78, 5) is 121. The van der Waals surface area contributed by atoms with Gasteiger partial charge in [-0.3, -0.25) is 68.6 Å². The predicted octanol–water partition coefficient (Wildman–Crippen LogP) is 2.03. The molecule has 6 aliphatic heterocycles. The fourth-order valence-electron chi connectivity index (χ4n) is 11.1. The van der Waals surface area contributed by atoms with Gasteiger partial charge in [-0.1, -0.05) is 54.6 Å². The Morgan fingerprint density at radius 1 is 0.433 bits per heavy atom. The quantitative estimate of drug-likeness (QED) is 0.0554. The summed E-state index contributed by atoms with van der Waals surface area (Å²) in [7, 11) is 0. The number of amides is 9. The first-order chi connectivity index (χ1) is 44.0. The SMILES string of the molecule is O=C1CCC(N2C(=O)c3cccc(CCCOCCOCCOCCOCCN4CCN(C(=O)OCc5ccccc5)CC4)c3C2=O)C(=O)N1.O=C1CCC(N2C(=O)c3cccc(CCCOCCOCCOCCOCCN4CCNCC4)c3C2=O)C(=O)N1. The van der Waals surface area contributed by atoms with Crippen molar-refractivity contribution in [3.8, 4) is 0 Å². The van der Waals surface area contributed by atoms with Crippen LogP contribution in [0.5, 0.6) is 0 Å². The van der Waals surface area contributed by atoms with E-state index in [0.29, 0.717) is 155 Å². The molecule has 0 aliphatic carbocycles. The molecule has 6 aliphatic rings. The van der Waals surface area contributed by atoms with Gasteiger partial charge in [0.05, 0.1) is 115 Å². The van der Waals surface area contributed by atoms with Crippen LogP contribution in [0.3, 0.4) is 0 Å². The van der Waals surface area contributed by atoms with E-state index in [0.717, 1.165) is 85.5 Å². The summed E-state index contributed by atoms with van der Waals surface area (Å²) in [5.41, 5.74) is 3.69. The number of nitrogens with one attached hydrogen (secondary N) is 3. The van der Waals surface area contributed by atoms with E-state index in [1.165, 1.54) is 0 Å². The molecule has 4 saturated heterocycles. The van der Waals surface area contributed by atoms with Crippen molar-refractivity contribution >= 4 is 53.4 Å². The standard InChI is InChI=1S/C36H46N4O10.C28H40N4O8/c41-31-12-11-30(33(42)37-31)40-34(43)29-10-4-8-28(32(29)35(40)44)9-5-18-46-20-22-48-24-25-49-23-21-47-19-17-38-13-15-39(16-14-38)36(45)50-26-27-6-2-1-3-7-27;33-24-7-6-23(26(34)30-24)32-27(35)22-5-1-3-21(25(22)28(32)36)4-2-13-37-15-17-39-19-20-40-18-16-38-14-12-31-10-8-29-9-11-31/h1-4,6-8,10,30H,5,9,11-26H2,(H,37,41,42);1,3,5,23,29H,2,4,6-20H2,(H,30,33,34). The molecule has 9 rings (SSSR count). The highest BCUT2D eigenvalue weighted by Crippen LogP contribution is 2.32. The molecular weight excluding hydrogens is 1170 g/mol. The van der Waals surface area contributed by atoms with E-state index in [1.807, 2.05) is 42.5 Å². The highest BCUT2D eigenvalue weighted by molar-refractivity contribution is 6.25. The zero-order chi connectivity index (χ0) is 63.3. The number of hydrogen-bond donors (Lipinski definition) is 3. The largest absolute Gasteiger partial charge is 0.445 e. The number of piperazine rings is 2. The van der Waals surface area contributed by atoms with Crippen LogP contribution in [0.25, 0.3) is 0 Å². The average Bonchev–Trinajstić information content (AvgIpc) is 1.71. The molecule has 3 N–H and O–H groups in total. The summed E-state index contributed by atoms with van der Waals surface area (Å²) < 4.78 is 50.2. The van der Waals surface area contributed by atoms with Crippen molar-refractivity contribution in [3.05, 3.63) is 106 Å². The topological polar surface area (TPSA) is 289 Å². The molecule has 2 atom stereocenters. The van der Waals surface area contributed by atoms with Crippen LogP contribution >= 0.6 is 0 Å². The van der Waals surface area contributed by atoms with Crippen LogP contribution in [0.2, 0.25) is 0 Å². The summed E-state index contributed by atoms with van der Waals surface area (Å²) in [6.45, 7) is 17.1. The monoisotopic (exact) mass is 1250 g/mol. The lowest BCUT2D eigenvalue weighted by Crippen LogP contribution is -2.54. The minimum absolute atomic E-state index is 0.0828. The Labute approximate surface area is 524 Å². The van der Waals surface area contributed by atoms with Crippen molar-refractivity contribution in [2.45, 2.75) is 70.1 Å². The van der Waals surface area contributed by atoms with Crippen LogP contribution in [-0.2, 0) is 81.3 Å². The number of fused-ring (bicyclic) bond motifs is 2. The van der Waals surface area contributed by atoms with Crippen LogP contribution in [0.1, 0.15) is 96.6 Å². The van der Waals surface area contributed by atoms with Gasteiger partial charge in [-0.25, -0.2) is 4.79 Å². The summed E-state index contributed by atoms with van der Waals surface area (Å²) in [5.74, 6) is -4.01. The van der Waals surface area contributed by atoms with Gasteiger partial charge in [0, 0.05) is 91.5 Å². The highest BCUT2D eigenvalue weighted by atomic mass is 16.6. The number of carbonyl (C=O) groups is 9. The number of aryl methyl sites for hydroxylation is 2.